The Morgan fingerprint density at radius 3 is 1.06 bits per heavy atom. The maximum atomic E-state index is 11.1. The van der Waals surface area contributed by atoms with Gasteiger partial charge in [0.1, 0.15) is 0 Å². The van der Waals surface area contributed by atoms with E-state index in [9.17, 15) is 4.79 Å². The molecule has 0 saturated carbocycles. The summed E-state index contributed by atoms with van der Waals surface area (Å²) in [5, 5.41) is 0. The number of hydrogen-bond donors (Lipinski definition) is 0. The summed E-state index contributed by atoms with van der Waals surface area (Å²) >= 11 is 0. The molecule has 0 aromatic carbocycles. The number of rotatable bonds is 28. The second-order valence-corrected chi connectivity index (χ2v) is 10.2. The smallest absolute Gasteiger partial charge is 0.155 e. The molecule has 0 heterocycles. The van der Waals surface area contributed by atoms with Crippen LogP contribution in [0.4, 0.5) is 0 Å². The van der Waals surface area contributed by atoms with Crippen LogP contribution in [0.3, 0.4) is 0 Å². The molecule has 196 valence electrons. The lowest BCUT2D eigenvalue weighted by Crippen LogP contribution is -2.23. The van der Waals surface area contributed by atoms with Crippen molar-refractivity contribution in [1.82, 2.24) is 4.90 Å². The van der Waals surface area contributed by atoms with E-state index in [0.717, 1.165) is 6.42 Å². The fraction of sp³-hybridized carbons (Fsp3) is 0.903. The van der Waals surface area contributed by atoms with Crippen molar-refractivity contribution in [3.63, 3.8) is 0 Å². The van der Waals surface area contributed by atoms with Gasteiger partial charge < -0.3 is 4.90 Å². The standard InChI is InChI=1S/C31H61NO/c1-4-31(33)29-27-25-23-21-19-17-15-13-11-9-7-8-10-12-14-16-18-20-22-24-26-28-30-32(5-2)6-3/h4H,1,5-30H2,2-3H3. The Kier molecular flexibility index (Phi) is 27.1. The number of ketones is 1. The van der Waals surface area contributed by atoms with Crippen molar-refractivity contribution in [2.45, 2.75) is 162 Å². The molecule has 0 spiro atoms. The first-order valence-electron chi connectivity index (χ1n) is 15.1. The van der Waals surface area contributed by atoms with Crippen LogP contribution in [-0.2, 0) is 4.79 Å². The molecule has 0 aliphatic carbocycles. The second kappa shape index (κ2) is 27.6. The molecular formula is C31H61NO. The molecule has 2 nitrogen and oxygen atoms in total. The lowest BCUT2D eigenvalue weighted by Gasteiger charge is -2.17. The van der Waals surface area contributed by atoms with Crippen LogP contribution >= 0.6 is 0 Å². The third kappa shape index (κ3) is 25.8. The monoisotopic (exact) mass is 463 g/mol. The van der Waals surface area contributed by atoms with E-state index in [1.54, 1.807) is 0 Å². The molecule has 0 atom stereocenters. The molecule has 0 radical (unpaired) electrons. The van der Waals surface area contributed by atoms with E-state index in [2.05, 4.69) is 25.3 Å². The van der Waals surface area contributed by atoms with Crippen molar-refractivity contribution in [3.05, 3.63) is 12.7 Å². The Labute approximate surface area is 209 Å². The van der Waals surface area contributed by atoms with Crippen LogP contribution in [0.15, 0.2) is 12.7 Å². The highest BCUT2D eigenvalue weighted by molar-refractivity contribution is 5.88. The van der Waals surface area contributed by atoms with Gasteiger partial charge in [0.2, 0.25) is 0 Å². The van der Waals surface area contributed by atoms with Gasteiger partial charge in [-0.1, -0.05) is 149 Å². The number of allylic oxidation sites excluding steroid dienone is 1. The minimum Gasteiger partial charge on any atom is -0.304 e. The quantitative estimate of drug-likeness (QED) is 0.0849. The number of hydrogen-bond acceptors (Lipinski definition) is 2. The first-order valence-corrected chi connectivity index (χ1v) is 15.1. The molecule has 2 heteroatoms. The molecule has 0 bridgehead atoms. The minimum atomic E-state index is 0.202. The predicted molar refractivity (Wildman–Crippen MR) is 149 cm³/mol. The molecule has 0 N–H and O–H groups in total. The summed E-state index contributed by atoms with van der Waals surface area (Å²) in [6.07, 6.45) is 33.0. The Morgan fingerprint density at radius 1 is 0.515 bits per heavy atom. The number of nitrogens with zero attached hydrogens (tertiary/aromatic N) is 1. The van der Waals surface area contributed by atoms with Gasteiger partial charge in [-0.3, -0.25) is 4.79 Å². The van der Waals surface area contributed by atoms with Crippen LogP contribution < -0.4 is 0 Å². The molecule has 0 saturated heterocycles. The topological polar surface area (TPSA) is 20.3 Å². The molecule has 0 aromatic heterocycles. The van der Waals surface area contributed by atoms with E-state index in [4.69, 9.17) is 0 Å². The van der Waals surface area contributed by atoms with Gasteiger partial charge in [-0.15, -0.1) is 0 Å². The Bertz CT molecular complexity index is 402. The van der Waals surface area contributed by atoms with E-state index >= 15 is 0 Å². The third-order valence-corrected chi connectivity index (χ3v) is 7.27. The predicted octanol–water partition coefficient (Wildman–Crippen LogP) is 10.1. The summed E-state index contributed by atoms with van der Waals surface area (Å²) in [6, 6.07) is 0. The van der Waals surface area contributed by atoms with E-state index in [0.29, 0.717) is 6.42 Å². The normalized spacial score (nSPS) is 11.4. The number of carbonyl (C=O) groups is 1. The molecule has 0 aromatic rings. The molecule has 0 rings (SSSR count). The maximum Gasteiger partial charge on any atom is 0.155 e. The maximum absolute atomic E-state index is 11.1. The van der Waals surface area contributed by atoms with Crippen molar-refractivity contribution < 1.29 is 4.79 Å². The van der Waals surface area contributed by atoms with Crippen molar-refractivity contribution >= 4 is 5.78 Å². The molecule has 0 unspecified atom stereocenters. The lowest BCUT2D eigenvalue weighted by molar-refractivity contribution is -0.114. The van der Waals surface area contributed by atoms with Gasteiger partial charge in [0.05, 0.1) is 0 Å². The highest BCUT2D eigenvalue weighted by Crippen LogP contribution is 2.15. The van der Waals surface area contributed by atoms with Gasteiger partial charge in [-0.25, -0.2) is 0 Å². The zero-order valence-electron chi connectivity index (χ0n) is 23.0. The van der Waals surface area contributed by atoms with Crippen molar-refractivity contribution in [3.8, 4) is 0 Å². The summed E-state index contributed by atoms with van der Waals surface area (Å²) in [6.45, 7) is 11.8. The fourth-order valence-corrected chi connectivity index (χ4v) is 4.81. The average Bonchev–Trinajstić information content (AvgIpc) is 2.84. The first-order chi connectivity index (χ1) is 16.2. The Hall–Kier alpha value is -0.630. The lowest BCUT2D eigenvalue weighted by atomic mass is 10.0. The Morgan fingerprint density at radius 2 is 0.788 bits per heavy atom. The van der Waals surface area contributed by atoms with Crippen LogP contribution in [0.2, 0.25) is 0 Å². The third-order valence-electron chi connectivity index (χ3n) is 7.27. The van der Waals surface area contributed by atoms with E-state index in [1.807, 2.05) is 0 Å². The van der Waals surface area contributed by atoms with Crippen molar-refractivity contribution in [2.75, 3.05) is 19.6 Å². The number of carbonyl (C=O) groups excluding carboxylic acids is 1. The molecular weight excluding hydrogens is 402 g/mol. The van der Waals surface area contributed by atoms with Gasteiger partial charge in [0.25, 0.3) is 0 Å². The van der Waals surface area contributed by atoms with Gasteiger partial charge in [0, 0.05) is 6.42 Å². The SMILES string of the molecule is C=CC(=O)CCCCCCCCCCCCCCCCCCCCCCCCN(CC)CC. The van der Waals surface area contributed by atoms with Crippen LogP contribution in [0.5, 0.6) is 0 Å². The van der Waals surface area contributed by atoms with Crippen LogP contribution in [0.1, 0.15) is 162 Å². The molecule has 0 amide bonds. The summed E-state index contributed by atoms with van der Waals surface area (Å²) in [7, 11) is 0. The largest absolute Gasteiger partial charge is 0.304 e. The van der Waals surface area contributed by atoms with Crippen molar-refractivity contribution in [1.29, 1.82) is 0 Å². The minimum absolute atomic E-state index is 0.202. The van der Waals surface area contributed by atoms with Crippen LogP contribution in [0, 0.1) is 0 Å². The molecule has 33 heavy (non-hydrogen) atoms. The van der Waals surface area contributed by atoms with Crippen LogP contribution in [-0.4, -0.2) is 30.3 Å². The van der Waals surface area contributed by atoms with Gasteiger partial charge >= 0.3 is 0 Å². The molecule has 0 aliphatic heterocycles. The van der Waals surface area contributed by atoms with Gasteiger partial charge in [-0.05, 0) is 38.6 Å². The fourth-order valence-electron chi connectivity index (χ4n) is 4.81. The van der Waals surface area contributed by atoms with Gasteiger partial charge in [-0.2, -0.15) is 0 Å². The zero-order chi connectivity index (χ0) is 24.2. The summed E-state index contributed by atoms with van der Waals surface area (Å²) in [5.74, 6) is 0.202. The summed E-state index contributed by atoms with van der Waals surface area (Å²) < 4.78 is 0. The van der Waals surface area contributed by atoms with E-state index in [-0.39, 0.29) is 5.78 Å². The van der Waals surface area contributed by atoms with E-state index in [1.165, 1.54) is 161 Å². The zero-order valence-corrected chi connectivity index (χ0v) is 23.0. The summed E-state index contributed by atoms with van der Waals surface area (Å²) in [4.78, 5) is 13.7. The number of unbranched alkanes of at least 4 members (excludes halogenated alkanes) is 21. The summed E-state index contributed by atoms with van der Waals surface area (Å²) in [5.41, 5.74) is 0. The molecule has 0 aliphatic rings. The average molecular weight is 464 g/mol. The van der Waals surface area contributed by atoms with E-state index < -0.39 is 0 Å². The second-order valence-electron chi connectivity index (χ2n) is 10.2. The highest BCUT2D eigenvalue weighted by atomic mass is 16.1. The van der Waals surface area contributed by atoms with Gasteiger partial charge in [0.15, 0.2) is 5.78 Å². The highest BCUT2D eigenvalue weighted by Gasteiger charge is 1.99. The van der Waals surface area contributed by atoms with Crippen molar-refractivity contribution in [2.24, 2.45) is 0 Å². The Balaban J connectivity index is 3.08. The first kappa shape index (κ1) is 32.4. The molecule has 0 fully saturated rings. The van der Waals surface area contributed by atoms with Crippen LogP contribution in [0.25, 0.3) is 0 Å².